The topological polar surface area (TPSA) is 49.4 Å². The van der Waals surface area contributed by atoms with E-state index in [0.717, 1.165) is 22.8 Å². The second-order valence-electron chi connectivity index (χ2n) is 5.54. The van der Waals surface area contributed by atoms with Gasteiger partial charge in [0.05, 0.1) is 0 Å². The molecule has 190 valence electrons. The zero-order chi connectivity index (χ0) is 26.7. The number of amides is 2. The second-order valence-corrected chi connectivity index (χ2v) is 6.82. The van der Waals surface area contributed by atoms with Gasteiger partial charge in [0.2, 0.25) is 5.91 Å². The Morgan fingerprint density at radius 3 is 1.67 bits per heavy atom. The highest BCUT2D eigenvalue weighted by atomic mass is 32.2. The van der Waals surface area contributed by atoms with Gasteiger partial charge in [0.25, 0.3) is 5.91 Å². The lowest BCUT2D eigenvalue weighted by Gasteiger charge is -2.08. The van der Waals surface area contributed by atoms with Crippen LogP contribution >= 0.6 is 11.8 Å². The van der Waals surface area contributed by atoms with Crippen molar-refractivity contribution in [3.05, 3.63) is 65.7 Å². The minimum absolute atomic E-state index is 0.0149. The Balaban J connectivity index is -0.000000198. The van der Waals surface area contributed by atoms with Gasteiger partial charge >= 0.3 is 0 Å². The summed E-state index contributed by atoms with van der Waals surface area (Å²) in [6.07, 6.45) is 0. The fraction of sp³-hybridized carbons (Fsp3) is 0.500. The van der Waals surface area contributed by atoms with Gasteiger partial charge in [-0.15, -0.1) is 0 Å². The molecule has 0 spiro atoms. The number of rotatable bonds is 5. The Bertz CT molecular complexity index is 675. The molecule has 0 saturated heterocycles. The number of benzene rings is 2. The first-order valence-corrected chi connectivity index (χ1v) is 13.3. The van der Waals surface area contributed by atoms with E-state index in [2.05, 4.69) is 12.2 Å². The molecule has 33 heavy (non-hydrogen) atoms. The van der Waals surface area contributed by atoms with E-state index in [1.54, 1.807) is 19.0 Å². The van der Waals surface area contributed by atoms with Crippen molar-refractivity contribution >= 4 is 29.3 Å². The molecule has 0 radical (unpaired) electrons. The predicted octanol–water partition coefficient (Wildman–Crippen LogP) is 8.39. The van der Waals surface area contributed by atoms with Crippen molar-refractivity contribution in [2.24, 2.45) is 0 Å². The van der Waals surface area contributed by atoms with Crippen molar-refractivity contribution < 1.29 is 9.59 Å². The number of carbonyl (C=O) groups is 2. The molecule has 2 rings (SSSR count). The number of anilines is 1. The lowest BCUT2D eigenvalue weighted by atomic mass is 10.2. The lowest BCUT2D eigenvalue weighted by molar-refractivity contribution is -0.114. The van der Waals surface area contributed by atoms with Gasteiger partial charge in [-0.05, 0) is 29.5 Å². The second kappa shape index (κ2) is 29.7. The summed E-state index contributed by atoms with van der Waals surface area (Å²) >= 11 is 1.85. The smallest absolute Gasteiger partial charge is 0.253 e. The molecule has 2 aromatic rings. The highest BCUT2D eigenvalue weighted by Crippen LogP contribution is 2.20. The van der Waals surface area contributed by atoms with Gasteiger partial charge in [0.1, 0.15) is 0 Å². The molecule has 0 aliphatic carbocycles. The number of hydrogen-bond acceptors (Lipinski definition) is 3. The highest BCUT2D eigenvalue weighted by Gasteiger charge is 2.04. The monoisotopic (exact) mass is 478 g/mol. The molecule has 0 aliphatic heterocycles. The van der Waals surface area contributed by atoms with Gasteiger partial charge in [0, 0.05) is 38.0 Å². The Hall–Kier alpha value is -2.27. The van der Waals surface area contributed by atoms with Gasteiger partial charge < -0.3 is 10.2 Å². The maximum atomic E-state index is 11.3. The van der Waals surface area contributed by atoms with Crippen LogP contribution < -0.4 is 5.32 Å². The predicted molar refractivity (Wildman–Crippen MR) is 152 cm³/mol. The van der Waals surface area contributed by atoms with E-state index in [4.69, 9.17) is 0 Å². The molecule has 0 atom stereocenters. The molecule has 5 heteroatoms. The van der Waals surface area contributed by atoms with E-state index in [-0.39, 0.29) is 11.8 Å². The van der Waals surface area contributed by atoms with Crippen molar-refractivity contribution in [1.29, 1.82) is 0 Å². The van der Waals surface area contributed by atoms with Crippen molar-refractivity contribution in [2.45, 2.75) is 75.0 Å². The van der Waals surface area contributed by atoms with Gasteiger partial charge in [-0.3, -0.25) is 9.59 Å². The summed E-state index contributed by atoms with van der Waals surface area (Å²) in [5.74, 6) is 2.08. The average molecular weight is 479 g/mol. The van der Waals surface area contributed by atoms with Crippen LogP contribution in [0.3, 0.4) is 0 Å². The third kappa shape index (κ3) is 21.3. The number of nitrogens with zero attached hydrogens (tertiary/aromatic N) is 1. The molecule has 2 amide bonds. The van der Waals surface area contributed by atoms with Crippen molar-refractivity contribution in [1.82, 2.24) is 4.90 Å². The third-order valence-corrected chi connectivity index (χ3v) is 4.14. The van der Waals surface area contributed by atoms with Gasteiger partial charge in [0.15, 0.2) is 0 Å². The molecule has 0 fully saturated rings. The van der Waals surface area contributed by atoms with E-state index in [0.29, 0.717) is 0 Å². The molecular weight excluding hydrogens is 428 g/mol. The highest BCUT2D eigenvalue weighted by molar-refractivity contribution is 7.98. The molecule has 0 heterocycles. The molecule has 4 nitrogen and oxygen atoms in total. The fourth-order valence-electron chi connectivity index (χ4n) is 2.01. The number of para-hydroxylation sites is 1. The molecule has 2 aromatic carbocycles. The van der Waals surface area contributed by atoms with Crippen LogP contribution in [-0.4, -0.2) is 36.6 Å². The molecule has 0 unspecified atom stereocenters. The van der Waals surface area contributed by atoms with Crippen LogP contribution in [0.1, 0.15) is 85.2 Å². The normalized spacial score (nSPS) is 8.00. The van der Waals surface area contributed by atoms with E-state index in [1.807, 2.05) is 122 Å². The molecule has 0 aromatic heterocycles. The molecule has 1 N–H and O–H groups in total. The van der Waals surface area contributed by atoms with Crippen molar-refractivity contribution in [3.8, 4) is 0 Å². The minimum atomic E-state index is -0.0149. The van der Waals surface area contributed by atoms with Crippen LogP contribution in [0.15, 0.2) is 54.6 Å². The summed E-state index contributed by atoms with van der Waals surface area (Å²) in [7, 11) is 3.49. The van der Waals surface area contributed by atoms with Crippen LogP contribution in [0.5, 0.6) is 0 Å². The Labute approximate surface area is 209 Å². The quantitative estimate of drug-likeness (QED) is 0.469. The first-order valence-electron chi connectivity index (χ1n) is 12.2. The summed E-state index contributed by atoms with van der Waals surface area (Å²) in [5, 5.41) is 2.83. The minimum Gasteiger partial charge on any atom is -0.345 e. The first-order chi connectivity index (χ1) is 16.0. The maximum Gasteiger partial charge on any atom is 0.253 e. The summed E-state index contributed by atoms with van der Waals surface area (Å²) in [5.41, 5.74) is 2.85. The van der Waals surface area contributed by atoms with Crippen LogP contribution in [-0.2, 0) is 10.5 Å². The zero-order valence-electron chi connectivity index (χ0n) is 23.3. The Kier molecular flexibility index (Phi) is 34.2. The number of thioether (sulfide) groups is 1. The third-order valence-electron chi connectivity index (χ3n) is 3.22. The average Bonchev–Trinajstić information content (AvgIpc) is 2.88. The largest absolute Gasteiger partial charge is 0.345 e. The van der Waals surface area contributed by atoms with Crippen LogP contribution in [0.4, 0.5) is 5.69 Å². The van der Waals surface area contributed by atoms with E-state index in [1.165, 1.54) is 12.5 Å². The number of hydrogen-bond donors (Lipinski definition) is 1. The molecule has 0 bridgehead atoms. The molecular formula is C28H50N2O2S. The molecule has 0 saturated carbocycles. The van der Waals surface area contributed by atoms with Crippen molar-refractivity contribution in [3.63, 3.8) is 0 Å². The Morgan fingerprint density at radius 2 is 1.24 bits per heavy atom. The van der Waals surface area contributed by atoms with Crippen LogP contribution in [0.25, 0.3) is 0 Å². The van der Waals surface area contributed by atoms with Crippen molar-refractivity contribution in [2.75, 3.05) is 25.2 Å². The van der Waals surface area contributed by atoms with Gasteiger partial charge in [-0.2, -0.15) is 11.8 Å². The Morgan fingerprint density at radius 1 is 0.788 bits per heavy atom. The zero-order valence-corrected chi connectivity index (χ0v) is 24.1. The van der Waals surface area contributed by atoms with Crippen LogP contribution in [0.2, 0.25) is 0 Å². The van der Waals surface area contributed by atoms with Crippen LogP contribution in [0, 0.1) is 0 Å². The SMILES string of the molecule is CC.CC.CC.CC.CCSCc1ccccc1NC(C)=O.CN(C)C(=O)c1ccccc1. The first kappa shape index (κ1) is 38.0. The van der Waals surface area contributed by atoms with E-state index < -0.39 is 0 Å². The van der Waals surface area contributed by atoms with Gasteiger partial charge in [-0.25, -0.2) is 0 Å². The standard InChI is InChI=1S/C11H15NOS.C9H11NO.4C2H6/c1-3-14-8-10-6-4-5-7-11(10)12-9(2)13;1-10(2)9(11)8-6-4-3-5-7-8;4*1-2/h4-7H,3,8H2,1-2H3,(H,12,13);3-7H,1-2H3;4*1-2H3. The summed E-state index contributed by atoms with van der Waals surface area (Å²) in [6.45, 7) is 19.7. The van der Waals surface area contributed by atoms with E-state index >= 15 is 0 Å². The lowest BCUT2D eigenvalue weighted by Crippen LogP contribution is -2.21. The van der Waals surface area contributed by atoms with Gasteiger partial charge in [-0.1, -0.05) is 98.7 Å². The number of carbonyl (C=O) groups excluding carboxylic acids is 2. The van der Waals surface area contributed by atoms with E-state index in [9.17, 15) is 9.59 Å². The molecule has 0 aliphatic rings. The summed E-state index contributed by atoms with van der Waals surface area (Å²) < 4.78 is 0. The maximum absolute atomic E-state index is 11.3. The number of nitrogens with one attached hydrogen (secondary N) is 1. The summed E-state index contributed by atoms with van der Waals surface area (Å²) in [4.78, 5) is 23.8. The summed E-state index contributed by atoms with van der Waals surface area (Å²) in [6, 6.07) is 17.1. The fourth-order valence-corrected chi connectivity index (χ4v) is 2.68.